The van der Waals surface area contributed by atoms with Crippen LogP contribution >= 0.6 is 11.6 Å². The van der Waals surface area contributed by atoms with E-state index in [2.05, 4.69) is 10.3 Å². The number of benzene rings is 1. The summed E-state index contributed by atoms with van der Waals surface area (Å²) in [6.07, 6.45) is 0. The van der Waals surface area contributed by atoms with Gasteiger partial charge < -0.3 is 10.4 Å². The predicted octanol–water partition coefficient (Wildman–Crippen LogP) is 3.04. The zero-order chi connectivity index (χ0) is 13.0. The second-order valence-corrected chi connectivity index (χ2v) is 4.53. The summed E-state index contributed by atoms with van der Waals surface area (Å²) in [5.41, 5.74) is 2.77. The third-order valence-corrected chi connectivity index (χ3v) is 2.94. The van der Waals surface area contributed by atoms with Crippen LogP contribution in [-0.2, 0) is 13.1 Å². The molecular formula is C14H15ClN2O. The molecule has 0 aliphatic heterocycles. The van der Waals surface area contributed by atoms with E-state index < -0.39 is 0 Å². The third-order valence-electron chi connectivity index (χ3n) is 2.64. The molecule has 0 radical (unpaired) electrons. The van der Waals surface area contributed by atoms with Gasteiger partial charge in [-0.2, -0.15) is 0 Å². The van der Waals surface area contributed by atoms with E-state index in [0.717, 1.165) is 17.0 Å². The summed E-state index contributed by atoms with van der Waals surface area (Å²) in [7, 11) is 0. The number of aryl methyl sites for hydroxylation is 1. The van der Waals surface area contributed by atoms with Gasteiger partial charge in [0.05, 0.1) is 10.7 Å². The standard InChI is InChI=1S/C14H15ClN2O/c1-10-4-2-6-12(17-10)9-16-8-11-5-3-7-13(15)14(11)18/h2-7,16,18H,8-9H2,1H3. The second-order valence-electron chi connectivity index (χ2n) is 4.12. The van der Waals surface area contributed by atoms with E-state index in [4.69, 9.17) is 11.6 Å². The minimum Gasteiger partial charge on any atom is -0.506 e. The average Bonchev–Trinajstić information content (AvgIpc) is 2.35. The van der Waals surface area contributed by atoms with Crippen molar-refractivity contribution in [2.45, 2.75) is 20.0 Å². The zero-order valence-corrected chi connectivity index (χ0v) is 10.9. The van der Waals surface area contributed by atoms with E-state index in [0.29, 0.717) is 18.1 Å². The van der Waals surface area contributed by atoms with Crippen molar-refractivity contribution in [2.75, 3.05) is 0 Å². The molecule has 2 aromatic rings. The van der Waals surface area contributed by atoms with Gasteiger partial charge in [0.25, 0.3) is 0 Å². The van der Waals surface area contributed by atoms with Gasteiger partial charge in [-0.15, -0.1) is 0 Å². The lowest BCUT2D eigenvalue weighted by atomic mass is 10.2. The van der Waals surface area contributed by atoms with E-state index in [1.54, 1.807) is 6.07 Å². The third kappa shape index (κ3) is 3.22. The first kappa shape index (κ1) is 12.9. The molecule has 0 fully saturated rings. The molecule has 4 heteroatoms. The molecule has 0 bridgehead atoms. The van der Waals surface area contributed by atoms with Crippen molar-refractivity contribution < 1.29 is 5.11 Å². The lowest BCUT2D eigenvalue weighted by Gasteiger charge is -2.08. The van der Waals surface area contributed by atoms with Gasteiger partial charge in [-0.1, -0.05) is 29.8 Å². The Morgan fingerprint density at radius 1 is 1.17 bits per heavy atom. The van der Waals surface area contributed by atoms with Crippen molar-refractivity contribution in [3.8, 4) is 5.75 Å². The number of hydrogen-bond donors (Lipinski definition) is 2. The van der Waals surface area contributed by atoms with Crippen LogP contribution in [0.1, 0.15) is 17.0 Å². The quantitative estimate of drug-likeness (QED) is 0.890. The molecule has 2 N–H and O–H groups in total. The Kier molecular flexibility index (Phi) is 4.18. The van der Waals surface area contributed by atoms with Crippen molar-refractivity contribution in [2.24, 2.45) is 0 Å². The summed E-state index contributed by atoms with van der Waals surface area (Å²) in [6, 6.07) is 11.3. The van der Waals surface area contributed by atoms with E-state index >= 15 is 0 Å². The molecule has 3 nitrogen and oxygen atoms in total. The Morgan fingerprint density at radius 2 is 1.94 bits per heavy atom. The fourth-order valence-electron chi connectivity index (χ4n) is 1.73. The lowest BCUT2D eigenvalue weighted by molar-refractivity contribution is 0.464. The number of aromatic nitrogens is 1. The van der Waals surface area contributed by atoms with Crippen LogP contribution in [0.25, 0.3) is 0 Å². The molecule has 1 heterocycles. The lowest BCUT2D eigenvalue weighted by Crippen LogP contribution is -2.14. The number of phenols is 1. The highest BCUT2D eigenvalue weighted by atomic mass is 35.5. The van der Waals surface area contributed by atoms with Gasteiger partial charge in [-0.25, -0.2) is 0 Å². The highest BCUT2D eigenvalue weighted by Gasteiger charge is 2.04. The first-order valence-corrected chi connectivity index (χ1v) is 6.14. The van der Waals surface area contributed by atoms with Crippen LogP contribution in [-0.4, -0.2) is 10.1 Å². The maximum Gasteiger partial charge on any atom is 0.138 e. The Morgan fingerprint density at radius 3 is 2.72 bits per heavy atom. The first-order valence-electron chi connectivity index (χ1n) is 5.76. The van der Waals surface area contributed by atoms with E-state index in [-0.39, 0.29) is 5.75 Å². The van der Waals surface area contributed by atoms with Crippen molar-refractivity contribution in [1.82, 2.24) is 10.3 Å². The van der Waals surface area contributed by atoms with E-state index in [1.165, 1.54) is 0 Å². The van der Waals surface area contributed by atoms with Crippen LogP contribution in [0, 0.1) is 6.92 Å². The number of nitrogens with zero attached hydrogens (tertiary/aromatic N) is 1. The molecule has 0 spiro atoms. The second kappa shape index (κ2) is 5.85. The molecule has 18 heavy (non-hydrogen) atoms. The summed E-state index contributed by atoms with van der Waals surface area (Å²) < 4.78 is 0. The average molecular weight is 263 g/mol. The number of para-hydroxylation sites is 1. The van der Waals surface area contributed by atoms with Crippen LogP contribution in [0.5, 0.6) is 5.75 Å². The normalized spacial score (nSPS) is 10.6. The number of phenolic OH excluding ortho intramolecular Hbond substituents is 1. The Labute approximate surface area is 111 Å². The van der Waals surface area contributed by atoms with Crippen LogP contribution in [0.2, 0.25) is 5.02 Å². The van der Waals surface area contributed by atoms with E-state index in [9.17, 15) is 5.11 Å². The van der Waals surface area contributed by atoms with Crippen LogP contribution in [0.3, 0.4) is 0 Å². The number of halogens is 1. The molecule has 0 aliphatic carbocycles. The zero-order valence-electron chi connectivity index (χ0n) is 10.2. The Bertz CT molecular complexity index is 543. The fourth-order valence-corrected chi connectivity index (χ4v) is 1.92. The van der Waals surface area contributed by atoms with Crippen molar-refractivity contribution >= 4 is 11.6 Å². The molecule has 0 aliphatic rings. The molecule has 0 saturated heterocycles. The smallest absolute Gasteiger partial charge is 0.138 e. The molecule has 2 rings (SSSR count). The predicted molar refractivity (Wildman–Crippen MR) is 72.6 cm³/mol. The topological polar surface area (TPSA) is 45.1 Å². The molecule has 0 saturated carbocycles. The van der Waals surface area contributed by atoms with Gasteiger partial charge in [0.15, 0.2) is 0 Å². The number of nitrogens with one attached hydrogen (secondary N) is 1. The van der Waals surface area contributed by atoms with Crippen molar-refractivity contribution in [1.29, 1.82) is 0 Å². The Hall–Kier alpha value is -1.58. The molecule has 0 unspecified atom stereocenters. The van der Waals surface area contributed by atoms with Crippen LogP contribution in [0.4, 0.5) is 0 Å². The molecule has 0 atom stereocenters. The number of rotatable bonds is 4. The number of hydrogen-bond acceptors (Lipinski definition) is 3. The van der Waals surface area contributed by atoms with Gasteiger partial charge in [0.2, 0.25) is 0 Å². The fraction of sp³-hybridized carbons (Fsp3) is 0.214. The van der Waals surface area contributed by atoms with E-state index in [1.807, 2.05) is 37.3 Å². The highest BCUT2D eigenvalue weighted by Crippen LogP contribution is 2.26. The van der Waals surface area contributed by atoms with Crippen LogP contribution in [0.15, 0.2) is 36.4 Å². The maximum absolute atomic E-state index is 9.75. The van der Waals surface area contributed by atoms with Gasteiger partial charge in [-0.05, 0) is 25.1 Å². The molecule has 0 amide bonds. The summed E-state index contributed by atoms with van der Waals surface area (Å²) in [5, 5.41) is 13.4. The molecule has 94 valence electrons. The summed E-state index contributed by atoms with van der Waals surface area (Å²) in [5.74, 6) is 0.142. The summed E-state index contributed by atoms with van der Waals surface area (Å²) in [6.45, 7) is 3.18. The van der Waals surface area contributed by atoms with Crippen molar-refractivity contribution in [3.05, 3.63) is 58.4 Å². The Balaban J connectivity index is 1.94. The highest BCUT2D eigenvalue weighted by molar-refractivity contribution is 6.32. The SMILES string of the molecule is Cc1cccc(CNCc2cccc(Cl)c2O)n1. The minimum atomic E-state index is 0.142. The first-order chi connectivity index (χ1) is 8.66. The van der Waals surface area contributed by atoms with Crippen molar-refractivity contribution in [3.63, 3.8) is 0 Å². The van der Waals surface area contributed by atoms with Gasteiger partial charge in [0.1, 0.15) is 5.75 Å². The maximum atomic E-state index is 9.75. The molecule has 1 aromatic carbocycles. The number of pyridine rings is 1. The van der Waals surface area contributed by atoms with Gasteiger partial charge in [0, 0.05) is 24.3 Å². The largest absolute Gasteiger partial charge is 0.506 e. The summed E-state index contributed by atoms with van der Waals surface area (Å²) in [4.78, 5) is 4.39. The number of aromatic hydroxyl groups is 1. The molecular weight excluding hydrogens is 248 g/mol. The van der Waals surface area contributed by atoms with Gasteiger partial charge in [-0.3, -0.25) is 4.98 Å². The minimum absolute atomic E-state index is 0.142. The summed E-state index contributed by atoms with van der Waals surface area (Å²) >= 11 is 5.84. The van der Waals surface area contributed by atoms with Crippen LogP contribution < -0.4 is 5.32 Å². The van der Waals surface area contributed by atoms with Gasteiger partial charge >= 0.3 is 0 Å². The molecule has 1 aromatic heterocycles. The monoisotopic (exact) mass is 262 g/mol.